The molecule has 18 heavy (non-hydrogen) atoms. The molecule has 1 aliphatic rings. The minimum Gasteiger partial charge on any atom is -0.385 e. The second kappa shape index (κ2) is 5.41. The van der Waals surface area contributed by atoms with Crippen LogP contribution in [0.1, 0.15) is 42.9 Å². The molecule has 0 aliphatic carbocycles. The highest BCUT2D eigenvalue weighted by atomic mass is 16.3. The van der Waals surface area contributed by atoms with E-state index in [1.54, 1.807) is 0 Å². The smallest absolute Gasteiger partial charge is 0.0911 e. The van der Waals surface area contributed by atoms with Crippen LogP contribution >= 0.6 is 0 Å². The van der Waals surface area contributed by atoms with Gasteiger partial charge in [0.2, 0.25) is 0 Å². The topological polar surface area (TPSA) is 23.5 Å². The summed E-state index contributed by atoms with van der Waals surface area (Å²) in [5, 5.41) is 11.0. The maximum absolute atomic E-state index is 11.0. The van der Waals surface area contributed by atoms with Crippen LogP contribution in [0.5, 0.6) is 0 Å². The molecule has 1 fully saturated rings. The summed E-state index contributed by atoms with van der Waals surface area (Å²) in [6.07, 6.45) is 2.82. The van der Waals surface area contributed by atoms with Gasteiger partial charge in [-0.2, -0.15) is 0 Å². The van der Waals surface area contributed by atoms with Crippen LogP contribution in [-0.2, 0) is 5.60 Å². The van der Waals surface area contributed by atoms with Crippen molar-refractivity contribution in [3.05, 3.63) is 34.9 Å². The third-order valence-electron chi connectivity index (χ3n) is 4.24. The monoisotopic (exact) mass is 247 g/mol. The van der Waals surface area contributed by atoms with Crippen LogP contribution in [0.4, 0.5) is 0 Å². The molecular formula is C16H25NO. The summed E-state index contributed by atoms with van der Waals surface area (Å²) in [7, 11) is 0. The zero-order valence-electron chi connectivity index (χ0n) is 11.9. The Labute approximate surface area is 111 Å². The van der Waals surface area contributed by atoms with Crippen LogP contribution in [0.3, 0.4) is 0 Å². The van der Waals surface area contributed by atoms with Crippen molar-refractivity contribution >= 4 is 0 Å². The lowest BCUT2D eigenvalue weighted by molar-refractivity contribution is 0.0208. The van der Waals surface area contributed by atoms with E-state index in [4.69, 9.17) is 0 Å². The second-order valence-electron chi connectivity index (χ2n) is 5.64. The highest BCUT2D eigenvalue weighted by Crippen LogP contribution is 2.34. The van der Waals surface area contributed by atoms with Gasteiger partial charge in [-0.1, -0.05) is 30.7 Å². The van der Waals surface area contributed by atoms with Crippen molar-refractivity contribution in [1.29, 1.82) is 0 Å². The molecule has 0 amide bonds. The van der Waals surface area contributed by atoms with E-state index in [1.165, 1.54) is 11.1 Å². The van der Waals surface area contributed by atoms with Crippen molar-refractivity contribution in [2.24, 2.45) is 0 Å². The maximum atomic E-state index is 11.0. The predicted molar refractivity (Wildman–Crippen MR) is 75.8 cm³/mol. The summed E-state index contributed by atoms with van der Waals surface area (Å²) < 4.78 is 0. The van der Waals surface area contributed by atoms with Crippen LogP contribution in [0.25, 0.3) is 0 Å². The zero-order valence-corrected chi connectivity index (χ0v) is 11.9. The SMILES string of the molecule is CCN1CCCC(O)(c2ccc(C)cc2C)CC1. The van der Waals surface area contributed by atoms with Crippen LogP contribution in [0.15, 0.2) is 18.2 Å². The van der Waals surface area contributed by atoms with Gasteiger partial charge in [-0.25, -0.2) is 0 Å². The van der Waals surface area contributed by atoms with Crippen LogP contribution < -0.4 is 0 Å². The summed E-state index contributed by atoms with van der Waals surface area (Å²) in [5.74, 6) is 0. The van der Waals surface area contributed by atoms with Crippen LogP contribution in [0.2, 0.25) is 0 Å². The van der Waals surface area contributed by atoms with Crippen molar-refractivity contribution in [3.8, 4) is 0 Å². The zero-order chi connectivity index (χ0) is 13.2. The fraction of sp³-hybridized carbons (Fsp3) is 0.625. The van der Waals surface area contributed by atoms with Gasteiger partial charge < -0.3 is 10.0 Å². The Morgan fingerprint density at radius 1 is 1.22 bits per heavy atom. The molecule has 1 saturated heterocycles. The Kier molecular flexibility index (Phi) is 4.08. The molecule has 1 aromatic carbocycles. The van der Waals surface area contributed by atoms with Gasteiger partial charge in [0, 0.05) is 6.54 Å². The molecule has 1 atom stereocenters. The summed E-state index contributed by atoms with van der Waals surface area (Å²) in [6.45, 7) is 9.62. The molecule has 0 saturated carbocycles. The third kappa shape index (κ3) is 2.76. The van der Waals surface area contributed by atoms with E-state index >= 15 is 0 Å². The number of benzene rings is 1. The number of hydrogen-bond donors (Lipinski definition) is 1. The average Bonchev–Trinajstić information content (AvgIpc) is 2.51. The molecule has 0 bridgehead atoms. The van der Waals surface area contributed by atoms with Gasteiger partial charge in [-0.15, -0.1) is 0 Å². The molecular weight excluding hydrogens is 222 g/mol. The summed E-state index contributed by atoms with van der Waals surface area (Å²) in [5.41, 5.74) is 3.00. The first-order valence-electron chi connectivity index (χ1n) is 7.07. The highest BCUT2D eigenvalue weighted by Gasteiger charge is 2.32. The van der Waals surface area contributed by atoms with Crippen molar-refractivity contribution in [2.45, 2.75) is 45.6 Å². The normalized spacial score (nSPS) is 26.0. The van der Waals surface area contributed by atoms with Crippen molar-refractivity contribution < 1.29 is 5.11 Å². The van der Waals surface area contributed by atoms with Gasteiger partial charge in [0.1, 0.15) is 0 Å². The van der Waals surface area contributed by atoms with Crippen LogP contribution in [0, 0.1) is 13.8 Å². The standard InChI is InChI=1S/C16H25NO/c1-4-17-10-5-8-16(18,9-11-17)15-7-6-13(2)12-14(15)3/h6-7,12,18H,4-5,8-11H2,1-3H3. The average molecular weight is 247 g/mol. The Bertz CT molecular complexity index is 416. The molecule has 2 rings (SSSR count). The second-order valence-corrected chi connectivity index (χ2v) is 5.64. The fourth-order valence-corrected chi connectivity index (χ4v) is 3.10. The Morgan fingerprint density at radius 2 is 2.00 bits per heavy atom. The summed E-state index contributed by atoms with van der Waals surface area (Å²) in [4.78, 5) is 2.43. The van der Waals surface area contributed by atoms with Gasteiger partial charge in [-0.3, -0.25) is 0 Å². The molecule has 0 radical (unpaired) electrons. The molecule has 1 aromatic rings. The van der Waals surface area contributed by atoms with Crippen molar-refractivity contribution in [3.63, 3.8) is 0 Å². The van der Waals surface area contributed by atoms with E-state index in [9.17, 15) is 5.11 Å². The number of aliphatic hydroxyl groups is 1. The van der Waals surface area contributed by atoms with Crippen molar-refractivity contribution in [1.82, 2.24) is 4.90 Å². The van der Waals surface area contributed by atoms with Gasteiger partial charge >= 0.3 is 0 Å². The number of rotatable bonds is 2. The highest BCUT2D eigenvalue weighted by molar-refractivity contribution is 5.35. The molecule has 0 aromatic heterocycles. The predicted octanol–water partition coefficient (Wildman–Crippen LogP) is 3.00. The molecule has 0 spiro atoms. The minimum absolute atomic E-state index is 0.623. The van der Waals surface area contributed by atoms with Crippen LogP contribution in [-0.4, -0.2) is 29.6 Å². The molecule has 1 N–H and O–H groups in total. The number of nitrogens with zero attached hydrogens (tertiary/aromatic N) is 1. The third-order valence-corrected chi connectivity index (χ3v) is 4.24. The number of likely N-dealkylation sites (tertiary alicyclic amines) is 1. The van der Waals surface area contributed by atoms with E-state index in [0.717, 1.165) is 44.5 Å². The van der Waals surface area contributed by atoms with Crippen molar-refractivity contribution in [2.75, 3.05) is 19.6 Å². The lowest BCUT2D eigenvalue weighted by Crippen LogP contribution is -2.29. The molecule has 2 heteroatoms. The Hall–Kier alpha value is -0.860. The van der Waals surface area contributed by atoms with E-state index in [-0.39, 0.29) is 0 Å². The Morgan fingerprint density at radius 3 is 2.67 bits per heavy atom. The maximum Gasteiger partial charge on any atom is 0.0911 e. The first-order chi connectivity index (χ1) is 8.55. The molecule has 1 heterocycles. The van der Waals surface area contributed by atoms with E-state index in [1.807, 2.05) is 0 Å². The lowest BCUT2D eigenvalue weighted by atomic mass is 9.84. The molecule has 1 aliphatic heterocycles. The Balaban J connectivity index is 2.24. The molecule has 1 unspecified atom stereocenters. The summed E-state index contributed by atoms with van der Waals surface area (Å²) >= 11 is 0. The first-order valence-corrected chi connectivity index (χ1v) is 7.07. The largest absolute Gasteiger partial charge is 0.385 e. The molecule has 100 valence electrons. The van der Waals surface area contributed by atoms with Gasteiger partial charge in [0.15, 0.2) is 0 Å². The van der Waals surface area contributed by atoms with E-state index in [0.29, 0.717) is 0 Å². The fourth-order valence-electron chi connectivity index (χ4n) is 3.10. The molecule has 2 nitrogen and oxygen atoms in total. The lowest BCUT2D eigenvalue weighted by Gasteiger charge is -2.29. The number of aryl methyl sites for hydroxylation is 2. The van der Waals surface area contributed by atoms with E-state index < -0.39 is 5.60 Å². The van der Waals surface area contributed by atoms with Gasteiger partial charge in [0.05, 0.1) is 5.60 Å². The summed E-state index contributed by atoms with van der Waals surface area (Å²) in [6, 6.07) is 6.41. The van der Waals surface area contributed by atoms with E-state index in [2.05, 4.69) is 43.9 Å². The van der Waals surface area contributed by atoms with Gasteiger partial charge in [0.25, 0.3) is 0 Å². The number of hydrogen-bond acceptors (Lipinski definition) is 2. The first kappa shape index (κ1) is 13.6. The minimum atomic E-state index is -0.623. The van der Waals surface area contributed by atoms with Gasteiger partial charge in [-0.05, 0) is 57.3 Å². The quantitative estimate of drug-likeness (QED) is 0.868.